The number of halogens is 2. The Hall–Kier alpha value is -3.10. The minimum Gasteiger partial charge on any atom is -0.493 e. The third-order valence-corrected chi connectivity index (χ3v) is 5.06. The molecule has 3 aromatic carbocycles. The quantitative estimate of drug-likeness (QED) is 0.315. The first-order valence-corrected chi connectivity index (χ1v) is 9.73. The molecule has 0 fully saturated rings. The van der Waals surface area contributed by atoms with Crippen LogP contribution in [0.5, 0.6) is 11.5 Å². The van der Waals surface area contributed by atoms with Gasteiger partial charge in [-0.05, 0) is 54.0 Å². The van der Waals surface area contributed by atoms with Gasteiger partial charge >= 0.3 is 0 Å². The van der Waals surface area contributed by atoms with E-state index in [-0.39, 0.29) is 5.82 Å². The van der Waals surface area contributed by atoms with Crippen LogP contribution in [-0.2, 0) is 6.61 Å². The van der Waals surface area contributed by atoms with Crippen molar-refractivity contribution in [2.75, 3.05) is 7.11 Å². The van der Waals surface area contributed by atoms with Crippen molar-refractivity contribution in [1.29, 1.82) is 5.26 Å². The minimum absolute atomic E-state index is 0.344. The third kappa shape index (κ3) is 5.24. The first-order chi connectivity index (χ1) is 14.0. The van der Waals surface area contributed by atoms with E-state index in [2.05, 4.69) is 22.0 Å². The zero-order chi connectivity index (χ0) is 20.8. The summed E-state index contributed by atoms with van der Waals surface area (Å²) in [6, 6.07) is 19.7. The van der Waals surface area contributed by atoms with Crippen LogP contribution in [0.1, 0.15) is 22.3 Å². The van der Waals surface area contributed by atoms with Crippen molar-refractivity contribution in [1.82, 2.24) is 0 Å². The van der Waals surface area contributed by atoms with E-state index >= 15 is 0 Å². The molecule has 0 saturated carbocycles. The number of benzene rings is 3. The van der Waals surface area contributed by atoms with Crippen molar-refractivity contribution in [3.05, 3.63) is 93.2 Å². The van der Waals surface area contributed by atoms with Gasteiger partial charge in [-0.15, -0.1) is 0 Å². The molecule has 3 aromatic rings. The standard InChI is InChI=1S/C24H19BrFNO2/c1-16-3-5-17(6-4-16)15-29-24-13-22(25)19(12-23(24)28-2)11-20(14-27)18-7-9-21(26)10-8-18/h3-13H,15H2,1-2H3. The van der Waals surface area contributed by atoms with E-state index in [9.17, 15) is 9.65 Å². The Balaban J connectivity index is 1.88. The van der Waals surface area contributed by atoms with Crippen LogP contribution >= 0.6 is 15.9 Å². The summed E-state index contributed by atoms with van der Waals surface area (Å²) in [5, 5.41) is 9.53. The fraction of sp³-hybridized carbons (Fsp3) is 0.125. The molecule has 0 atom stereocenters. The Kier molecular flexibility index (Phi) is 6.69. The van der Waals surface area contributed by atoms with Crippen molar-refractivity contribution in [2.24, 2.45) is 0 Å². The number of aryl methyl sites for hydroxylation is 1. The summed E-state index contributed by atoms with van der Waals surface area (Å²) < 4.78 is 25.3. The average Bonchev–Trinajstić information content (AvgIpc) is 2.73. The molecule has 29 heavy (non-hydrogen) atoms. The minimum atomic E-state index is -0.344. The summed E-state index contributed by atoms with van der Waals surface area (Å²) in [6.07, 6.45) is 1.73. The molecule has 0 radical (unpaired) electrons. The van der Waals surface area contributed by atoms with Crippen LogP contribution in [0.25, 0.3) is 11.6 Å². The molecular formula is C24H19BrFNO2. The summed E-state index contributed by atoms with van der Waals surface area (Å²) >= 11 is 3.54. The van der Waals surface area contributed by atoms with Crippen molar-refractivity contribution in [2.45, 2.75) is 13.5 Å². The van der Waals surface area contributed by atoms with Crippen molar-refractivity contribution < 1.29 is 13.9 Å². The third-order valence-electron chi connectivity index (χ3n) is 4.37. The zero-order valence-electron chi connectivity index (χ0n) is 16.1. The van der Waals surface area contributed by atoms with Crippen LogP contribution in [0.4, 0.5) is 4.39 Å². The monoisotopic (exact) mass is 451 g/mol. The first-order valence-electron chi connectivity index (χ1n) is 8.94. The summed E-state index contributed by atoms with van der Waals surface area (Å²) in [5.41, 5.74) is 4.06. The van der Waals surface area contributed by atoms with E-state index in [1.807, 2.05) is 37.3 Å². The molecule has 5 heteroatoms. The van der Waals surface area contributed by atoms with Gasteiger partial charge in [0, 0.05) is 4.47 Å². The van der Waals surface area contributed by atoms with Gasteiger partial charge in [0.25, 0.3) is 0 Å². The highest BCUT2D eigenvalue weighted by Gasteiger charge is 2.11. The second-order valence-electron chi connectivity index (χ2n) is 6.48. The maximum atomic E-state index is 13.2. The van der Waals surface area contributed by atoms with Gasteiger partial charge in [-0.25, -0.2) is 4.39 Å². The van der Waals surface area contributed by atoms with Crippen LogP contribution < -0.4 is 9.47 Å². The van der Waals surface area contributed by atoms with E-state index in [1.165, 1.54) is 17.7 Å². The van der Waals surface area contributed by atoms with Crippen molar-refractivity contribution in [3.63, 3.8) is 0 Å². The average molecular weight is 452 g/mol. The van der Waals surface area contributed by atoms with Gasteiger partial charge in [0.15, 0.2) is 11.5 Å². The normalized spacial score (nSPS) is 11.1. The molecule has 146 valence electrons. The number of rotatable bonds is 6. The highest BCUT2D eigenvalue weighted by atomic mass is 79.9. The van der Waals surface area contributed by atoms with Gasteiger partial charge in [-0.2, -0.15) is 5.26 Å². The summed E-state index contributed by atoms with van der Waals surface area (Å²) in [4.78, 5) is 0. The van der Waals surface area contributed by atoms with E-state index in [4.69, 9.17) is 9.47 Å². The Labute approximate surface area is 178 Å². The topological polar surface area (TPSA) is 42.2 Å². The highest BCUT2D eigenvalue weighted by Crippen LogP contribution is 2.36. The number of hydrogen-bond donors (Lipinski definition) is 0. The molecule has 0 N–H and O–H groups in total. The van der Waals surface area contributed by atoms with E-state index in [0.717, 1.165) is 15.6 Å². The maximum absolute atomic E-state index is 13.2. The lowest BCUT2D eigenvalue weighted by Gasteiger charge is -2.13. The van der Waals surface area contributed by atoms with Crippen LogP contribution in [0.2, 0.25) is 0 Å². The Bertz CT molecular complexity index is 1070. The lowest BCUT2D eigenvalue weighted by molar-refractivity contribution is 0.284. The number of ether oxygens (including phenoxy) is 2. The van der Waals surface area contributed by atoms with E-state index in [0.29, 0.717) is 29.2 Å². The molecule has 0 aliphatic carbocycles. The van der Waals surface area contributed by atoms with Gasteiger partial charge in [0.1, 0.15) is 12.4 Å². The molecule has 0 bridgehead atoms. The summed E-state index contributed by atoms with van der Waals surface area (Å²) in [5.74, 6) is 0.810. The summed E-state index contributed by atoms with van der Waals surface area (Å²) in [6.45, 7) is 2.45. The van der Waals surface area contributed by atoms with E-state index < -0.39 is 0 Å². The van der Waals surface area contributed by atoms with Crippen LogP contribution in [0, 0.1) is 24.1 Å². The molecule has 0 unspecified atom stereocenters. The van der Waals surface area contributed by atoms with Crippen LogP contribution in [0.15, 0.2) is 65.1 Å². The zero-order valence-corrected chi connectivity index (χ0v) is 17.7. The molecule has 3 nitrogen and oxygen atoms in total. The smallest absolute Gasteiger partial charge is 0.162 e. The van der Waals surface area contributed by atoms with E-state index in [1.54, 1.807) is 31.4 Å². The van der Waals surface area contributed by atoms with Gasteiger partial charge in [-0.3, -0.25) is 0 Å². The molecule has 0 amide bonds. The molecule has 0 aliphatic rings. The SMILES string of the molecule is COc1cc(C=C(C#N)c2ccc(F)cc2)c(Br)cc1OCc1ccc(C)cc1. The fourth-order valence-corrected chi connectivity index (χ4v) is 3.18. The predicted octanol–water partition coefficient (Wildman–Crippen LogP) is 6.55. The number of nitrogens with zero attached hydrogens (tertiary/aromatic N) is 1. The lowest BCUT2D eigenvalue weighted by atomic mass is 10.0. The van der Waals surface area contributed by atoms with Gasteiger partial charge in [0.05, 0.1) is 18.8 Å². The number of nitriles is 1. The van der Waals surface area contributed by atoms with Crippen molar-refractivity contribution >= 4 is 27.6 Å². The molecule has 0 heterocycles. The van der Waals surface area contributed by atoms with Gasteiger partial charge in [-0.1, -0.05) is 57.9 Å². The molecule has 0 spiro atoms. The Morgan fingerprint density at radius 1 is 1.07 bits per heavy atom. The maximum Gasteiger partial charge on any atom is 0.162 e. The number of hydrogen-bond acceptors (Lipinski definition) is 3. The molecule has 0 aromatic heterocycles. The largest absolute Gasteiger partial charge is 0.493 e. The molecule has 0 saturated heterocycles. The second-order valence-corrected chi connectivity index (χ2v) is 7.33. The molecule has 0 aliphatic heterocycles. The lowest BCUT2D eigenvalue weighted by Crippen LogP contribution is -1.98. The Morgan fingerprint density at radius 2 is 1.76 bits per heavy atom. The summed E-state index contributed by atoms with van der Waals surface area (Å²) in [7, 11) is 1.57. The first kappa shape index (κ1) is 20.6. The van der Waals surface area contributed by atoms with Gasteiger partial charge < -0.3 is 9.47 Å². The highest BCUT2D eigenvalue weighted by molar-refractivity contribution is 9.10. The van der Waals surface area contributed by atoms with Crippen molar-refractivity contribution in [3.8, 4) is 17.6 Å². The predicted molar refractivity (Wildman–Crippen MR) is 116 cm³/mol. The Morgan fingerprint density at radius 3 is 2.38 bits per heavy atom. The van der Waals surface area contributed by atoms with Crippen LogP contribution in [-0.4, -0.2) is 7.11 Å². The van der Waals surface area contributed by atoms with Gasteiger partial charge in [0.2, 0.25) is 0 Å². The second kappa shape index (κ2) is 9.40. The molecule has 3 rings (SSSR count). The number of methoxy groups -OCH3 is 1. The molecular weight excluding hydrogens is 433 g/mol. The van der Waals surface area contributed by atoms with Crippen LogP contribution in [0.3, 0.4) is 0 Å². The number of allylic oxidation sites excluding steroid dienone is 1. The fourth-order valence-electron chi connectivity index (χ4n) is 2.74.